The first-order chi connectivity index (χ1) is 11.8. The molecule has 8 nitrogen and oxygen atoms in total. The monoisotopic (exact) mass is 351 g/mol. The van der Waals surface area contributed by atoms with Gasteiger partial charge in [0, 0.05) is 6.54 Å². The fourth-order valence-electron chi connectivity index (χ4n) is 1.54. The highest BCUT2D eigenvalue weighted by molar-refractivity contribution is 5.69. The van der Waals surface area contributed by atoms with Crippen LogP contribution in [0.25, 0.3) is 0 Å². The summed E-state index contributed by atoms with van der Waals surface area (Å²) in [7, 11) is 1.89. The third kappa shape index (κ3) is 19.3. The minimum absolute atomic E-state index is 0.237. The van der Waals surface area contributed by atoms with E-state index in [0.29, 0.717) is 72.7 Å². The second-order valence-electron chi connectivity index (χ2n) is 4.72. The number of hydrogen-bond acceptors (Lipinski definition) is 8. The highest BCUT2D eigenvalue weighted by Crippen LogP contribution is 1.89. The third-order valence-corrected chi connectivity index (χ3v) is 2.74. The van der Waals surface area contributed by atoms with E-state index < -0.39 is 0 Å². The Balaban J connectivity index is 3.01. The molecular formula is C16H33NO7. The summed E-state index contributed by atoms with van der Waals surface area (Å²) in [5, 5.41) is 3.00. The van der Waals surface area contributed by atoms with Crippen LogP contribution in [0.2, 0.25) is 0 Å². The molecule has 0 aromatic heterocycles. The summed E-state index contributed by atoms with van der Waals surface area (Å²) in [6.45, 7) is 8.30. The van der Waals surface area contributed by atoms with Crippen LogP contribution in [0.1, 0.15) is 13.3 Å². The topological polar surface area (TPSA) is 84.5 Å². The van der Waals surface area contributed by atoms with Crippen LogP contribution in [0.3, 0.4) is 0 Å². The quantitative estimate of drug-likeness (QED) is 0.262. The molecule has 144 valence electrons. The highest BCUT2D eigenvalue weighted by atomic mass is 16.6. The van der Waals surface area contributed by atoms with Crippen molar-refractivity contribution in [3.05, 3.63) is 0 Å². The Morgan fingerprint density at radius 3 is 1.54 bits per heavy atom. The Morgan fingerprint density at radius 1 is 0.708 bits per heavy atom. The zero-order valence-electron chi connectivity index (χ0n) is 15.1. The van der Waals surface area contributed by atoms with E-state index in [9.17, 15) is 4.79 Å². The van der Waals surface area contributed by atoms with E-state index >= 15 is 0 Å². The Kier molecular flexibility index (Phi) is 19.6. The van der Waals surface area contributed by atoms with Crippen molar-refractivity contribution < 1.29 is 33.2 Å². The Hall–Kier alpha value is -0.770. The summed E-state index contributed by atoms with van der Waals surface area (Å²) in [5.74, 6) is -0.237. The molecule has 0 aliphatic rings. The van der Waals surface area contributed by atoms with Gasteiger partial charge in [-0.15, -0.1) is 0 Å². The SMILES string of the molecule is CCOC(=O)CCOCCOCCOCCOCCOCCNC. The van der Waals surface area contributed by atoms with Crippen LogP contribution in [0, 0.1) is 0 Å². The van der Waals surface area contributed by atoms with E-state index in [0.717, 1.165) is 6.54 Å². The van der Waals surface area contributed by atoms with Gasteiger partial charge >= 0.3 is 5.97 Å². The van der Waals surface area contributed by atoms with Gasteiger partial charge < -0.3 is 33.7 Å². The first kappa shape index (κ1) is 23.2. The van der Waals surface area contributed by atoms with Crippen LogP contribution in [-0.4, -0.2) is 92.2 Å². The first-order valence-electron chi connectivity index (χ1n) is 8.50. The molecule has 0 aromatic carbocycles. The normalized spacial score (nSPS) is 10.9. The van der Waals surface area contributed by atoms with Gasteiger partial charge in [-0.1, -0.05) is 0 Å². The van der Waals surface area contributed by atoms with Crippen LogP contribution >= 0.6 is 0 Å². The van der Waals surface area contributed by atoms with Gasteiger partial charge in [0.15, 0.2) is 0 Å². The summed E-state index contributed by atoms with van der Waals surface area (Å²) >= 11 is 0. The molecule has 0 rings (SSSR count). The molecule has 1 N–H and O–H groups in total. The van der Waals surface area contributed by atoms with Gasteiger partial charge in [-0.3, -0.25) is 4.79 Å². The van der Waals surface area contributed by atoms with Crippen molar-refractivity contribution in [2.75, 3.05) is 86.3 Å². The van der Waals surface area contributed by atoms with Crippen LogP contribution in [-0.2, 0) is 33.2 Å². The largest absolute Gasteiger partial charge is 0.466 e. The number of rotatable bonds is 19. The Labute approximate surface area is 145 Å². The average molecular weight is 351 g/mol. The number of esters is 1. The molecule has 0 fully saturated rings. The summed E-state index contributed by atoms with van der Waals surface area (Å²) < 4.78 is 31.4. The zero-order chi connectivity index (χ0) is 17.7. The maximum absolute atomic E-state index is 11.0. The van der Waals surface area contributed by atoms with Gasteiger partial charge in [0.1, 0.15) is 0 Å². The number of ether oxygens (including phenoxy) is 6. The number of hydrogen-bond donors (Lipinski definition) is 1. The maximum atomic E-state index is 11.0. The molecule has 0 atom stereocenters. The molecule has 0 radical (unpaired) electrons. The molecule has 0 saturated heterocycles. The van der Waals surface area contributed by atoms with Crippen molar-refractivity contribution in [2.45, 2.75) is 13.3 Å². The Bertz CT molecular complexity index is 267. The molecule has 0 heterocycles. The lowest BCUT2D eigenvalue weighted by atomic mass is 10.5. The number of carbonyl (C=O) groups is 1. The first-order valence-corrected chi connectivity index (χ1v) is 8.50. The predicted octanol–water partition coefficient (Wildman–Crippen LogP) is 0.242. The summed E-state index contributed by atoms with van der Waals surface area (Å²) in [6, 6.07) is 0. The van der Waals surface area contributed by atoms with Crippen LogP contribution in [0.15, 0.2) is 0 Å². The maximum Gasteiger partial charge on any atom is 0.308 e. The number of likely N-dealkylation sites (N-methyl/N-ethyl adjacent to an activating group) is 1. The molecule has 0 amide bonds. The van der Waals surface area contributed by atoms with Gasteiger partial charge in [0.2, 0.25) is 0 Å². The van der Waals surface area contributed by atoms with Gasteiger partial charge in [0.25, 0.3) is 0 Å². The summed E-state index contributed by atoms with van der Waals surface area (Å²) in [6.07, 6.45) is 0.275. The minimum atomic E-state index is -0.237. The fourth-order valence-corrected chi connectivity index (χ4v) is 1.54. The zero-order valence-corrected chi connectivity index (χ0v) is 15.1. The summed E-state index contributed by atoms with van der Waals surface area (Å²) in [5.41, 5.74) is 0. The average Bonchev–Trinajstić information content (AvgIpc) is 2.58. The van der Waals surface area contributed by atoms with Crippen molar-refractivity contribution in [1.82, 2.24) is 5.32 Å². The van der Waals surface area contributed by atoms with E-state index in [2.05, 4.69) is 5.32 Å². The molecule has 0 saturated carbocycles. The minimum Gasteiger partial charge on any atom is -0.466 e. The van der Waals surface area contributed by atoms with E-state index in [1.54, 1.807) is 6.92 Å². The van der Waals surface area contributed by atoms with E-state index in [-0.39, 0.29) is 12.4 Å². The van der Waals surface area contributed by atoms with Crippen molar-refractivity contribution in [1.29, 1.82) is 0 Å². The van der Waals surface area contributed by atoms with Gasteiger partial charge in [-0.2, -0.15) is 0 Å². The molecule has 0 aromatic rings. The summed E-state index contributed by atoms with van der Waals surface area (Å²) in [4.78, 5) is 11.0. The molecule has 0 unspecified atom stereocenters. The second-order valence-corrected chi connectivity index (χ2v) is 4.72. The standard InChI is InChI=1S/C16H33NO7/c1-3-24-16(18)4-6-19-8-10-21-12-14-23-15-13-22-11-9-20-7-5-17-2/h17H,3-15H2,1-2H3. The lowest BCUT2D eigenvalue weighted by molar-refractivity contribution is -0.144. The van der Waals surface area contributed by atoms with Gasteiger partial charge in [-0.25, -0.2) is 0 Å². The number of nitrogens with one attached hydrogen (secondary N) is 1. The number of carbonyl (C=O) groups excluding carboxylic acids is 1. The van der Waals surface area contributed by atoms with Crippen LogP contribution in [0.5, 0.6) is 0 Å². The van der Waals surface area contributed by atoms with Gasteiger partial charge in [-0.05, 0) is 14.0 Å². The molecular weight excluding hydrogens is 318 g/mol. The van der Waals surface area contributed by atoms with E-state index in [1.165, 1.54) is 0 Å². The van der Waals surface area contributed by atoms with E-state index in [1.807, 2.05) is 7.05 Å². The lowest BCUT2D eigenvalue weighted by Crippen LogP contribution is -2.17. The lowest BCUT2D eigenvalue weighted by Gasteiger charge is -2.08. The highest BCUT2D eigenvalue weighted by Gasteiger charge is 2.00. The fraction of sp³-hybridized carbons (Fsp3) is 0.938. The Morgan fingerprint density at radius 2 is 1.12 bits per heavy atom. The second kappa shape index (κ2) is 20.3. The third-order valence-electron chi connectivity index (χ3n) is 2.74. The van der Waals surface area contributed by atoms with Crippen molar-refractivity contribution in [3.8, 4) is 0 Å². The molecule has 0 aliphatic carbocycles. The van der Waals surface area contributed by atoms with Crippen LogP contribution in [0.4, 0.5) is 0 Å². The van der Waals surface area contributed by atoms with Crippen molar-refractivity contribution in [2.24, 2.45) is 0 Å². The molecule has 0 aliphatic heterocycles. The molecule has 24 heavy (non-hydrogen) atoms. The van der Waals surface area contributed by atoms with Crippen LogP contribution < -0.4 is 5.32 Å². The smallest absolute Gasteiger partial charge is 0.308 e. The molecule has 0 bridgehead atoms. The van der Waals surface area contributed by atoms with Gasteiger partial charge in [0.05, 0.1) is 79.1 Å². The molecule has 8 heteroatoms. The van der Waals surface area contributed by atoms with E-state index in [4.69, 9.17) is 28.4 Å². The van der Waals surface area contributed by atoms with Crippen molar-refractivity contribution >= 4 is 5.97 Å². The van der Waals surface area contributed by atoms with Crippen molar-refractivity contribution in [3.63, 3.8) is 0 Å². The predicted molar refractivity (Wildman–Crippen MR) is 89.3 cm³/mol. The molecule has 0 spiro atoms.